The summed E-state index contributed by atoms with van der Waals surface area (Å²) in [6.45, 7) is 6.86. The molecule has 1 aromatic carbocycles. The molecule has 0 aliphatic carbocycles. The molecule has 118 valence electrons. The summed E-state index contributed by atoms with van der Waals surface area (Å²) in [5.74, 6) is -1.07. The van der Waals surface area contributed by atoms with E-state index >= 15 is 0 Å². The first kappa shape index (κ1) is 17.9. The van der Waals surface area contributed by atoms with Gasteiger partial charge in [0.15, 0.2) is 11.6 Å². The van der Waals surface area contributed by atoms with Crippen LogP contribution in [0.5, 0.6) is 5.75 Å². The highest BCUT2D eigenvalue weighted by atomic mass is 35.5. The highest BCUT2D eigenvalue weighted by Crippen LogP contribution is 2.33. The second-order valence-corrected chi connectivity index (χ2v) is 4.80. The molecule has 1 fully saturated rings. The topological polar surface area (TPSA) is 24.5 Å². The Hall–Kier alpha value is -1.17. The third kappa shape index (κ3) is 3.93. The molecule has 0 bridgehead atoms. The van der Waals surface area contributed by atoms with Crippen molar-refractivity contribution >= 4 is 12.4 Å². The van der Waals surface area contributed by atoms with Crippen molar-refractivity contribution in [2.24, 2.45) is 0 Å². The van der Waals surface area contributed by atoms with Gasteiger partial charge in [-0.05, 0) is 18.6 Å². The maximum absolute atomic E-state index is 14.4. The smallest absolute Gasteiger partial charge is 0.172 e. The molecule has 6 heteroatoms. The van der Waals surface area contributed by atoms with Crippen LogP contribution in [-0.2, 0) is 0 Å². The number of hydrogen-bond acceptors (Lipinski definition) is 3. The van der Waals surface area contributed by atoms with Gasteiger partial charge in [-0.15, -0.1) is 19.0 Å². The van der Waals surface area contributed by atoms with Gasteiger partial charge in [-0.1, -0.05) is 6.08 Å². The van der Waals surface area contributed by atoms with E-state index in [0.717, 1.165) is 26.2 Å². The van der Waals surface area contributed by atoms with Crippen LogP contribution in [0.25, 0.3) is 0 Å². The molecule has 0 unspecified atom stereocenters. The van der Waals surface area contributed by atoms with Gasteiger partial charge in [0.2, 0.25) is 0 Å². The van der Waals surface area contributed by atoms with E-state index in [2.05, 4.69) is 16.8 Å². The largest absolute Gasteiger partial charge is 0.494 e. The Labute approximate surface area is 130 Å². The summed E-state index contributed by atoms with van der Waals surface area (Å²) in [6, 6.07) is 2.23. The minimum atomic E-state index is -0.613. The van der Waals surface area contributed by atoms with E-state index < -0.39 is 11.6 Å². The number of ether oxygens (including phenoxy) is 1. The summed E-state index contributed by atoms with van der Waals surface area (Å²) in [5, 5.41) is 3.24. The zero-order valence-corrected chi connectivity index (χ0v) is 12.9. The predicted octanol–water partition coefficient (Wildman–Crippen LogP) is 2.92. The molecular formula is C15H21ClF2N2O. The maximum atomic E-state index is 14.4. The van der Waals surface area contributed by atoms with Crippen molar-refractivity contribution in [1.82, 2.24) is 10.2 Å². The lowest BCUT2D eigenvalue weighted by atomic mass is 9.99. The number of nitrogens with one attached hydrogen (secondary N) is 1. The van der Waals surface area contributed by atoms with Crippen LogP contribution in [0.1, 0.15) is 18.0 Å². The van der Waals surface area contributed by atoms with Crippen molar-refractivity contribution in [3.8, 4) is 5.75 Å². The maximum Gasteiger partial charge on any atom is 0.172 e. The molecule has 0 radical (unpaired) electrons. The average Bonchev–Trinajstić information content (AvgIpc) is 2.47. The fourth-order valence-corrected chi connectivity index (χ4v) is 2.61. The minimum absolute atomic E-state index is 0. The molecule has 21 heavy (non-hydrogen) atoms. The van der Waals surface area contributed by atoms with Crippen LogP contribution in [0.3, 0.4) is 0 Å². The van der Waals surface area contributed by atoms with Crippen molar-refractivity contribution in [1.29, 1.82) is 0 Å². The lowest BCUT2D eigenvalue weighted by molar-refractivity contribution is 0.167. The van der Waals surface area contributed by atoms with Gasteiger partial charge in [0.1, 0.15) is 5.82 Å². The first-order valence-electron chi connectivity index (χ1n) is 6.76. The SMILES string of the molecule is C=CC[C@@H](c1c(F)ccc(OC)c1F)N1CCNCC1.Cl. The first-order chi connectivity index (χ1) is 9.69. The van der Waals surface area contributed by atoms with Gasteiger partial charge in [-0.25, -0.2) is 8.78 Å². The standard InChI is InChI=1S/C15H20F2N2O.ClH/c1-3-4-12(19-9-7-18-8-10-19)14-11(16)5-6-13(20-2)15(14)17;/h3,5-6,12,18H,1,4,7-10H2,2H3;1H/t12-;/m0./s1. The Morgan fingerprint density at radius 1 is 1.38 bits per heavy atom. The summed E-state index contributed by atoms with van der Waals surface area (Å²) in [6.07, 6.45) is 2.20. The van der Waals surface area contributed by atoms with Crippen LogP contribution in [0.2, 0.25) is 0 Å². The quantitative estimate of drug-likeness (QED) is 0.845. The van der Waals surface area contributed by atoms with Crippen molar-refractivity contribution in [3.63, 3.8) is 0 Å². The van der Waals surface area contributed by atoms with E-state index in [9.17, 15) is 8.78 Å². The molecule has 1 heterocycles. The Morgan fingerprint density at radius 3 is 2.62 bits per heavy atom. The summed E-state index contributed by atoms with van der Waals surface area (Å²) in [5.41, 5.74) is 0.0751. The Bertz CT molecular complexity index is 479. The van der Waals surface area contributed by atoms with Gasteiger partial charge in [-0.3, -0.25) is 4.90 Å². The summed E-state index contributed by atoms with van der Waals surface area (Å²) in [7, 11) is 1.38. The van der Waals surface area contributed by atoms with Crippen molar-refractivity contribution in [2.45, 2.75) is 12.5 Å². The lowest BCUT2D eigenvalue weighted by Crippen LogP contribution is -2.45. The van der Waals surface area contributed by atoms with Gasteiger partial charge in [0, 0.05) is 37.8 Å². The molecule has 1 aliphatic heterocycles. The number of nitrogens with zero attached hydrogens (tertiary/aromatic N) is 1. The molecule has 1 aromatic rings. The highest BCUT2D eigenvalue weighted by molar-refractivity contribution is 5.85. The number of rotatable bonds is 5. The summed E-state index contributed by atoms with van der Waals surface area (Å²) < 4.78 is 33.5. The summed E-state index contributed by atoms with van der Waals surface area (Å²) in [4.78, 5) is 2.08. The normalized spacial score (nSPS) is 16.9. The Morgan fingerprint density at radius 2 is 2.05 bits per heavy atom. The van der Waals surface area contributed by atoms with Gasteiger partial charge < -0.3 is 10.1 Å². The van der Waals surface area contributed by atoms with Crippen molar-refractivity contribution in [3.05, 3.63) is 42.0 Å². The molecule has 2 rings (SSSR count). The molecule has 1 N–H and O–H groups in total. The fourth-order valence-electron chi connectivity index (χ4n) is 2.61. The second kappa shape index (κ2) is 8.32. The van der Waals surface area contributed by atoms with Crippen molar-refractivity contribution < 1.29 is 13.5 Å². The zero-order chi connectivity index (χ0) is 14.5. The number of halogens is 3. The molecule has 3 nitrogen and oxygen atoms in total. The van der Waals surface area contributed by atoms with E-state index in [4.69, 9.17) is 4.74 Å². The van der Waals surface area contributed by atoms with Crippen LogP contribution < -0.4 is 10.1 Å². The summed E-state index contributed by atoms with van der Waals surface area (Å²) >= 11 is 0. The Balaban J connectivity index is 0.00000220. The number of methoxy groups -OCH3 is 1. The Kier molecular flexibility index (Phi) is 7.08. The molecule has 0 spiro atoms. The highest BCUT2D eigenvalue weighted by Gasteiger charge is 2.28. The molecule has 0 saturated carbocycles. The van der Waals surface area contributed by atoms with E-state index in [1.807, 2.05) is 0 Å². The van der Waals surface area contributed by atoms with Gasteiger partial charge >= 0.3 is 0 Å². The van der Waals surface area contributed by atoms with Gasteiger partial charge in [0.25, 0.3) is 0 Å². The lowest BCUT2D eigenvalue weighted by Gasteiger charge is -2.35. The molecule has 0 aromatic heterocycles. The van der Waals surface area contributed by atoms with Crippen LogP contribution in [0, 0.1) is 11.6 Å². The third-order valence-corrected chi connectivity index (χ3v) is 3.63. The van der Waals surface area contributed by atoms with E-state index in [0.29, 0.717) is 6.42 Å². The number of benzene rings is 1. The van der Waals surface area contributed by atoms with E-state index in [1.54, 1.807) is 6.08 Å². The predicted molar refractivity (Wildman–Crippen MR) is 82.2 cm³/mol. The van der Waals surface area contributed by atoms with Crippen LogP contribution in [-0.4, -0.2) is 38.2 Å². The van der Waals surface area contributed by atoms with Crippen LogP contribution in [0.4, 0.5) is 8.78 Å². The van der Waals surface area contributed by atoms with E-state index in [-0.39, 0.29) is 29.8 Å². The molecule has 1 saturated heterocycles. The minimum Gasteiger partial charge on any atom is -0.494 e. The van der Waals surface area contributed by atoms with Crippen LogP contribution in [0.15, 0.2) is 24.8 Å². The van der Waals surface area contributed by atoms with Gasteiger partial charge in [0.05, 0.1) is 7.11 Å². The first-order valence-corrected chi connectivity index (χ1v) is 6.76. The van der Waals surface area contributed by atoms with E-state index in [1.165, 1.54) is 19.2 Å². The van der Waals surface area contributed by atoms with Crippen LogP contribution >= 0.6 is 12.4 Å². The average molecular weight is 319 g/mol. The monoisotopic (exact) mass is 318 g/mol. The number of piperazine rings is 1. The zero-order valence-electron chi connectivity index (χ0n) is 12.1. The molecule has 1 aliphatic rings. The fraction of sp³-hybridized carbons (Fsp3) is 0.467. The molecular weight excluding hydrogens is 298 g/mol. The van der Waals surface area contributed by atoms with Crippen molar-refractivity contribution in [2.75, 3.05) is 33.3 Å². The molecule has 0 amide bonds. The van der Waals surface area contributed by atoms with Gasteiger partial charge in [-0.2, -0.15) is 0 Å². The third-order valence-electron chi connectivity index (χ3n) is 3.63. The second-order valence-electron chi connectivity index (χ2n) is 4.80. The molecule has 1 atom stereocenters. The number of hydrogen-bond donors (Lipinski definition) is 1.